The second kappa shape index (κ2) is 7.99. The van der Waals surface area contributed by atoms with E-state index in [0.717, 1.165) is 0 Å². The van der Waals surface area contributed by atoms with Crippen molar-refractivity contribution in [3.8, 4) is 6.01 Å². The Labute approximate surface area is 159 Å². The summed E-state index contributed by atoms with van der Waals surface area (Å²) in [7, 11) is 0. The van der Waals surface area contributed by atoms with E-state index in [2.05, 4.69) is 30.9 Å². The van der Waals surface area contributed by atoms with E-state index in [1.807, 2.05) is 0 Å². The summed E-state index contributed by atoms with van der Waals surface area (Å²) in [5.74, 6) is -1.19. The molecule has 3 rings (SSSR count). The molecule has 28 heavy (non-hydrogen) atoms. The molecule has 0 fully saturated rings. The van der Waals surface area contributed by atoms with E-state index in [0.29, 0.717) is 17.1 Å². The Balaban J connectivity index is 1.81. The van der Waals surface area contributed by atoms with Gasteiger partial charge in [0.15, 0.2) is 0 Å². The number of anilines is 5. The lowest BCUT2D eigenvalue weighted by molar-refractivity contribution is -0.114. The summed E-state index contributed by atoms with van der Waals surface area (Å²) in [6, 6.07) is 12.4. The van der Waals surface area contributed by atoms with Crippen molar-refractivity contribution in [1.29, 1.82) is 0 Å². The van der Waals surface area contributed by atoms with Crippen LogP contribution in [-0.4, -0.2) is 37.0 Å². The number of aromatic nitrogens is 3. The van der Waals surface area contributed by atoms with E-state index < -0.39 is 12.0 Å². The second-order valence-electron chi connectivity index (χ2n) is 5.68. The summed E-state index contributed by atoms with van der Waals surface area (Å²) >= 11 is 0. The minimum Gasteiger partial charge on any atom is -0.479 e. The molecule has 0 atom stereocenters. The van der Waals surface area contributed by atoms with Crippen LogP contribution in [0.3, 0.4) is 0 Å². The van der Waals surface area contributed by atoms with Crippen LogP contribution < -0.4 is 16.0 Å². The molecule has 0 saturated carbocycles. The van der Waals surface area contributed by atoms with Crippen molar-refractivity contribution in [2.24, 2.45) is 0 Å². The maximum absolute atomic E-state index is 11.2. The van der Waals surface area contributed by atoms with E-state index in [4.69, 9.17) is 5.11 Å². The van der Waals surface area contributed by atoms with Gasteiger partial charge >= 0.3 is 12.0 Å². The number of amides is 1. The molecule has 0 aliphatic heterocycles. The van der Waals surface area contributed by atoms with E-state index in [-0.39, 0.29) is 23.4 Å². The number of aromatic hydroxyl groups is 1. The van der Waals surface area contributed by atoms with Gasteiger partial charge in [0.1, 0.15) is 0 Å². The van der Waals surface area contributed by atoms with Crippen molar-refractivity contribution in [2.45, 2.75) is 6.92 Å². The lowest BCUT2D eigenvalue weighted by Crippen LogP contribution is -2.06. The van der Waals surface area contributed by atoms with Crippen LogP contribution >= 0.6 is 0 Å². The van der Waals surface area contributed by atoms with Crippen molar-refractivity contribution >= 4 is 40.8 Å². The zero-order valence-electron chi connectivity index (χ0n) is 14.7. The van der Waals surface area contributed by atoms with Gasteiger partial charge in [0.25, 0.3) is 0 Å². The second-order valence-corrected chi connectivity index (χ2v) is 5.68. The SMILES string of the molecule is CC(=O)Nc1cccc(Nc2nc(O)nc(Nc3cccc(C(=O)O)c3)n2)c1. The van der Waals surface area contributed by atoms with Gasteiger partial charge in [-0.25, -0.2) is 4.79 Å². The number of carboxylic acids is 1. The van der Waals surface area contributed by atoms with Gasteiger partial charge < -0.3 is 26.2 Å². The van der Waals surface area contributed by atoms with Crippen LogP contribution in [0.2, 0.25) is 0 Å². The number of carbonyl (C=O) groups is 2. The van der Waals surface area contributed by atoms with Crippen LogP contribution in [0, 0.1) is 0 Å². The van der Waals surface area contributed by atoms with Gasteiger partial charge in [0, 0.05) is 24.0 Å². The zero-order valence-corrected chi connectivity index (χ0v) is 14.7. The standard InChI is InChI=1S/C18H16N6O4/c1-10(25)19-13-6-3-7-14(9-13)21-17-22-16(23-18(28)24-17)20-12-5-2-4-11(8-12)15(26)27/h2-9H,1H3,(H,19,25)(H,26,27)(H3,20,21,22,23,24,28). The predicted octanol–water partition coefficient (Wildman–Crippen LogP) is 2.72. The molecule has 142 valence electrons. The molecular formula is C18H16N6O4. The quantitative estimate of drug-likeness (QED) is 0.435. The molecule has 5 N–H and O–H groups in total. The fourth-order valence-corrected chi connectivity index (χ4v) is 2.34. The third-order valence-electron chi connectivity index (χ3n) is 3.43. The number of carboxylic acid groups (broad SMARTS) is 1. The first-order valence-electron chi connectivity index (χ1n) is 8.09. The number of hydrogen-bond acceptors (Lipinski definition) is 8. The largest absolute Gasteiger partial charge is 0.479 e. The summed E-state index contributed by atoms with van der Waals surface area (Å²) in [6.07, 6.45) is 0. The van der Waals surface area contributed by atoms with Crippen molar-refractivity contribution in [2.75, 3.05) is 16.0 Å². The Morgan fingerprint density at radius 3 is 2.04 bits per heavy atom. The lowest BCUT2D eigenvalue weighted by atomic mass is 10.2. The molecule has 0 radical (unpaired) electrons. The molecular weight excluding hydrogens is 364 g/mol. The highest BCUT2D eigenvalue weighted by Crippen LogP contribution is 2.21. The third-order valence-corrected chi connectivity index (χ3v) is 3.43. The van der Waals surface area contributed by atoms with Crippen LogP contribution in [-0.2, 0) is 4.79 Å². The first kappa shape index (κ1) is 18.6. The highest BCUT2D eigenvalue weighted by Gasteiger charge is 2.09. The van der Waals surface area contributed by atoms with Gasteiger partial charge in [0.2, 0.25) is 17.8 Å². The molecule has 0 unspecified atom stereocenters. The molecule has 0 spiro atoms. The fraction of sp³-hybridized carbons (Fsp3) is 0.0556. The lowest BCUT2D eigenvalue weighted by Gasteiger charge is -2.10. The van der Waals surface area contributed by atoms with Crippen LogP contribution in [0.4, 0.5) is 29.0 Å². The Kier molecular flexibility index (Phi) is 5.30. The summed E-state index contributed by atoms with van der Waals surface area (Å²) in [5.41, 5.74) is 1.69. The van der Waals surface area contributed by atoms with E-state index >= 15 is 0 Å². The van der Waals surface area contributed by atoms with Gasteiger partial charge in [0.05, 0.1) is 5.56 Å². The molecule has 1 amide bonds. The molecule has 0 bridgehead atoms. The molecule has 10 heteroatoms. The normalized spacial score (nSPS) is 10.2. The maximum atomic E-state index is 11.2. The maximum Gasteiger partial charge on any atom is 0.335 e. The Morgan fingerprint density at radius 2 is 1.43 bits per heavy atom. The average molecular weight is 380 g/mol. The summed E-state index contributed by atoms with van der Waals surface area (Å²) < 4.78 is 0. The van der Waals surface area contributed by atoms with Gasteiger partial charge in [-0.1, -0.05) is 12.1 Å². The molecule has 0 aliphatic rings. The van der Waals surface area contributed by atoms with Crippen LogP contribution in [0.5, 0.6) is 6.01 Å². The van der Waals surface area contributed by atoms with E-state index in [1.165, 1.54) is 19.1 Å². The molecule has 10 nitrogen and oxygen atoms in total. The number of benzene rings is 2. The minimum atomic E-state index is -1.07. The van der Waals surface area contributed by atoms with E-state index in [1.54, 1.807) is 36.4 Å². The molecule has 3 aromatic rings. The molecule has 0 saturated heterocycles. The van der Waals surface area contributed by atoms with Crippen molar-refractivity contribution in [1.82, 2.24) is 15.0 Å². The van der Waals surface area contributed by atoms with E-state index in [9.17, 15) is 14.7 Å². The van der Waals surface area contributed by atoms with Gasteiger partial charge in [-0.2, -0.15) is 15.0 Å². The number of rotatable bonds is 6. The highest BCUT2D eigenvalue weighted by atomic mass is 16.4. The smallest absolute Gasteiger partial charge is 0.335 e. The number of aromatic carboxylic acids is 1. The zero-order chi connectivity index (χ0) is 20.1. The van der Waals surface area contributed by atoms with Gasteiger partial charge in [-0.05, 0) is 36.4 Å². The Bertz CT molecular complexity index is 1040. The first-order valence-corrected chi connectivity index (χ1v) is 8.09. The fourth-order valence-electron chi connectivity index (χ4n) is 2.34. The monoisotopic (exact) mass is 380 g/mol. The van der Waals surface area contributed by atoms with Crippen LogP contribution in [0.25, 0.3) is 0 Å². The summed E-state index contributed by atoms with van der Waals surface area (Å²) in [6.45, 7) is 1.40. The van der Waals surface area contributed by atoms with Crippen molar-refractivity contribution in [3.05, 3.63) is 54.1 Å². The topological polar surface area (TPSA) is 149 Å². The van der Waals surface area contributed by atoms with Crippen LogP contribution in [0.15, 0.2) is 48.5 Å². The Morgan fingerprint density at radius 1 is 0.857 bits per heavy atom. The number of carbonyl (C=O) groups excluding carboxylic acids is 1. The molecule has 0 aliphatic carbocycles. The first-order chi connectivity index (χ1) is 13.4. The Hall–Kier alpha value is -4.21. The van der Waals surface area contributed by atoms with Crippen molar-refractivity contribution < 1.29 is 19.8 Å². The molecule has 1 heterocycles. The number of hydrogen-bond donors (Lipinski definition) is 5. The number of nitrogens with one attached hydrogen (secondary N) is 3. The van der Waals surface area contributed by atoms with Crippen LogP contribution in [0.1, 0.15) is 17.3 Å². The van der Waals surface area contributed by atoms with Gasteiger partial charge in [-0.3, -0.25) is 4.79 Å². The minimum absolute atomic E-state index is 0.0237. The van der Waals surface area contributed by atoms with Gasteiger partial charge in [-0.15, -0.1) is 0 Å². The third kappa shape index (κ3) is 4.91. The highest BCUT2D eigenvalue weighted by molar-refractivity contribution is 5.89. The average Bonchev–Trinajstić information content (AvgIpc) is 2.61. The summed E-state index contributed by atoms with van der Waals surface area (Å²) in [4.78, 5) is 34.0. The number of nitrogens with zero attached hydrogens (tertiary/aromatic N) is 3. The molecule has 2 aromatic carbocycles. The predicted molar refractivity (Wildman–Crippen MR) is 102 cm³/mol. The van der Waals surface area contributed by atoms with Crippen molar-refractivity contribution in [3.63, 3.8) is 0 Å². The summed E-state index contributed by atoms with van der Waals surface area (Å²) in [5, 5.41) is 27.2. The molecule has 1 aromatic heterocycles.